The van der Waals surface area contributed by atoms with Gasteiger partial charge in [-0.3, -0.25) is 19.4 Å². The van der Waals surface area contributed by atoms with Crippen LogP contribution in [0.2, 0.25) is 0 Å². The smallest absolute Gasteiger partial charge is 0.310 e. The second-order valence-corrected chi connectivity index (χ2v) is 14.9. The van der Waals surface area contributed by atoms with E-state index in [1.807, 2.05) is 63.5 Å². The molecule has 9 heteroatoms. The molecule has 1 aliphatic carbocycles. The van der Waals surface area contributed by atoms with Gasteiger partial charge in [-0.25, -0.2) is 9.97 Å². The van der Waals surface area contributed by atoms with Gasteiger partial charge >= 0.3 is 5.97 Å². The molecule has 2 aromatic carbocycles. The topological polar surface area (TPSA) is 125 Å². The summed E-state index contributed by atoms with van der Waals surface area (Å²) in [7, 11) is 0. The van der Waals surface area contributed by atoms with Crippen molar-refractivity contribution in [3.8, 4) is 22.5 Å². The molecule has 3 heterocycles. The van der Waals surface area contributed by atoms with Crippen LogP contribution in [0, 0.1) is 11.8 Å². The van der Waals surface area contributed by atoms with Crippen molar-refractivity contribution in [3.63, 3.8) is 0 Å². The molecule has 2 amide bonds. The zero-order valence-corrected chi connectivity index (χ0v) is 29.4. The van der Waals surface area contributed by atoms with Crippen molar-refractivity contribution in [2.45, 2.75) is 83.6 Å². The highest BCUT2D eigenvalue weighted by atomic mass is 16.4. The van der Waals surface area contributed by atoms with Crippen molar-refractivity contribution in [2.24, 2.45) is 11.8 Å². The number of pyridine rings is 1. The molecular formula is C41H47N5O4. The molecule has 9 nitrogen and oxygen atoms in total. The quantitative estimate of drug-likeness (QED) is 0.184. The Labute approximate surface area is 294 Å². The maximum Gasteiger partial charge on any atom is 0.310 e. The summed E-state index contributed by atoms with van der Waals surface area (Å²) in [4.78, 5) is 53.4. The number of hydrogen-bond donors (Lipinski definition) is 2. The number of rotatable bonds is 10. The summed E-state index contributed by atoms with van der Waals surface area (Å²) in [6.45, 7) is 8.69. The summed E-state index contributed by atoms with van der Waals surface area (Å²) in [6, 6.07) is 19.1. The molecule has 0 unspecified atom stereocenters. The minimum absolute atomic E-state index is 0.124. The zero-order chi connectivity index (χ0) is 35.4. The number of carbonyl (C=O) groups excluding carboxylic acids is 2. The molecule has 2 fully saturated rings. The van der Waals surface area contributed by atoms with Crippen LogP contribution in [0.3, 0.4) is 0 Å². The summed E-state index contributed by atoms with van der Waals surface area (Å²) in [5.41, 5.74) is 6.19. The van der Waals surface area contributed by atoms with E-state index in [1.54, 1.807) is 6.07 Å². The highest BCUT2D eigenvalue weighted by Crippen LogP contribution is 2.37. The van der Waals surface area contributed by atoms with Crippen molar-refractivity contribution in [2.75, 3.05) is 13.1 Å². The molecule has 1 aliphatic heterocycles. The third-order valence-corrected chi connectivity index (χ3v) is 10.4. The first kappa shape index (κ1) is 34.9. The first-order chi connectivity index (χ1) is 24.0. The molecule has 1 saturated heterocycles. The Hall–Kier alpha value is -4.92. The van der Waals surface area contributed by atoms with Gasteiger partial charge in [0.05, 0.1) is 11.5 Å². The average Bonchev–Trinajstić information content (AvgIpc) is 3.10. The standard InChI is InChI=1S/C41H47N5O4/c1-5-26-6-10-28(11-7-26)29-14-16-30(17-15-29)33-22-43-37(44-23-33)31-12-8-27(9-13-31)20-35(39(48)46-24-34(25-46)40(49)50)45-38(47)32-18-19-36(42-21-32)41(2,3)4/h8-9,12-19,21-23,26,28,34-35H,5-7,10-11,20,24-25H2,1-4H3,(H,45,47)(H,49,50)/t26?,28?,35-/m0/s1. The van der Waals surface area contributed by atoms with E-state index >= 15 is 0 Å². The lowest BCUT2D eigenvalue weighted by Gasteiger charge is -2.39. The molecule has 0 bridgehead atoms. The van der Waals surface area contributed by atoms with Gasteiger partial charge in [0.25, 0.3) is 5.91 Å². The van der Waals surface area contributed by atoms with Crippen LogP contribution in [0.4, 0.5) is 0 Å². The van der Waals surface area contributed by atoms with E-state index in [-0.39, 0.29) is 30.8 Å². The number of hydrogen-bond acceptors (Lipinski definition) is 6. The maximum absolute atomic E-state index is 13.5. The van der Waals surface area contributed by atoms with Gasteiger partial charge in [-0.05, 0) is 66.3 Å². The number of amides is 2. The summed E-state index contributed by atoms with van der Waals surface area (Å²) in [6.07, 6.45) is 11.9. The molecule has 1 saturated carbocycles. The van der Waals surface area contributed by atoms with Crippen LogP contribution in [-0.2, 0) is 21.4 Å². The fourth-order valence-electron chi connectivity index (χ4n) is 6.95. The SMILES string of the molecule is CCC1CCC(c2ccc(-c3cnc(-c4ccc(C[C@H](NC(=O)c5ccc(C(C)(C)C)nc5)C(=O)N5CC(C(=O)O)C5)cc4)nc3)cc2)CC1. The number of carbonyl (C=O) groups is 3. The van der Waals surface area contributed by atoms with Crippen LogP contribution in [0.1, 0.15) is 92.9 Å². The Bertz CT molecular complexity index is 1780. The van der Waals surface area contributed by atoms with Crippen molar-refractivity contribution >= 4 is 17.8 Å². The van der Waals surface area contributed by atoms with Gasteiger partial charge in [-0.15, -0.1) is 0 Å². The second kappa shape index (κ2) is 14.9. The highest BCUT2D eigenvalue weighted by molar-refractivity contribution is 5.97. The fourth-order valence-corrected chi connectivity index (χ4v) is 6.95. The number of nitrogens with one attached hydrogen (secondary N) is 1. The van der Waals surface area contributed by atoms with Crippen molar-refractivity contribution < 1.29 is 19.5 Å². The average molecular weight is 674 g/mol. The van der Waals surface area contributed by atoms with Crippen molar-refractivity contribution in [1.29, 1.82) is 0 Å². The van der Waals surface area contributed by atoms with Gasteiger partial charge < -0.3 is 15.3 Å². The van der Waals surface area contributed by atoms with E-state index in [1.165, 1.54) is 48.8 Å². The molecule has 2 aliphatic rings. The Morgan fingerprint density at radius 2 is 1.46 bits per heavy atom. The first-order valence-corrected chi connectivity index (χ1v) is 17.8. The number of aromatic nitrogens is 3. The number of likely N-dealkylation sites (tertiary alicyclic amines) is 1. The van der Waals surface area contributed by atoms with Crippen LogP contribution >= 0.6 is 0 Å². The minimum Gasteiger partial charge on any atom is -0.481 e. The molecule has 4 aromatic rings. The molecule has 260 valence electrons. The van der Waals surface area contributed by atoms with Gasteiger partial charge in [0.1, 0.15) is 6.04 Å². The predicted octanol–water partition coefficient (Wildman–Crippen LogP) is 7.07. The Kier molecular flexibility index (Phi) is 10.4. The fraction of sp³-hybridized carbons (Fsp3) is 0.415. The van der Waals surface area contributed by atoms with E-state index in [0.717, 1.165) is 33.9 Å². The molecular weight excluding hydrogens is 626 g/mol. The van der Waals surface area contributed by atoms with E-state index in [9.17, 15) is 19.5 Å². The van der Waals surface area contributed by atoms with Crippen molar-refractivity contribution in [3.05, 3.63) is 102 Å². The lowest BCUT2D eigenvalue weighted by molar-refractivity contribution is -0.153. The molecule has 0 radical (unpaired) electrons. The normalized spacial score (nSPS) is 18.6. The third kappa shape index (κ3) is 8.09. The maximum atomic E-state index is 13.5. The number of benzene rings is 2. The minimum atomic E-state index is -0.928. The lowest BCUT2D eigenvalue weighted by atomic mass is 9.78. The van der Waals surface area contributed by atoms with E-state index in [4.69, 9.17) is 0 Å². The Balaban J connectivity index is 1.11. The Morgan fingerprint density at radius 1 is 0.820 bits per heavy atom. The summed E-state index contributed by atoms with van der Waals surface area (Å²) in [5, 5.41) is 12.2. The summed E-state index contributed by atoms with van der Waals surface area (Å²) < 4.78 is 0. The van der Waals surface area contributed by atoms with Gasteiger partial charge in [0.2, 0.25) is 5.91 Å². The van der Waals surface area contributed by atoms with Crippen molar-refractivity contribution in [1.82, 2.24) is 25.2 Å². The van der Waals surface area contributed by atoms with Crippen LogP contribution in [-0.4, -0.2) is 61.9 Å². The molecule has 6 rings (SSSR count). The monoisotopic (exact) mass is 673 g/mol. The second-order valence-electron chi connectivity index (χ2n) is 14.9. The molecule has 2 aromatic heterocycles. The molecule has 1 atom stereocenters. The third-order valence-electron chi connectivity index (χ3n) is 10.4. The molecule has 0 spiro atoms. The van der Waals surface area contributed by atoms with Gasteiger partial charge in [0.15, 0.2) is 5.82 Å². The first-order valence-electron chi connectivity index (χ1n) is 17.8. The molecule has 2 N–H and O–H groups in total. The van der Waals surface area contributed by atoms with Crippen LogP contribution in [0.5, 0.6) is 0 Å². The largest absolute Gasteiger partial charge is 0.481 e. The summed E-state index contributed by atoms with van der Waals surface area (Å²) in [5.74, 6) is -0.108. The van der Waals surface area contributed by atoms with Crippen LogP contribution in [0.25, 0.3) is 22.5 Å². The van der Waals surface area contributed by atoms with E-state index < -0.39 is 23.8 Å². The Morgan fingerprint density at radius 3 is 2.02 bits per heavy atom. The number of nitrogens with zero attached hydrogens (tertiary/aromatic N) is 4. The summed E-state index contributed by atoms with van der Waals surface area (Å²) >= 11 is 0. The van der Waals surface area contributed by atoms with Gasteiger partial charge in [-0.2, -0.15) is 0 Å². The van der Waals surface area contributed by atoms with Crippen LogP contribution < -0.4 is 5.32 Å². The highest BCUT2D eigenvalue weighted by Gasteiger charge is 2.39. The van der Waals surface area contributed by atoms with Crippen LogP contribution in [0.15, 0.2) is 79.3 Å². The zero-order valence-electron chi connectivity index (χ0n) is 29.4. The molecule has 50 heavy (non-hydrogen) atoms. The van der Waals surface area contributed by atoms with Gasteiger partial charge in [0, 0.05) is 60.3 Å². The number of carboxylic acids is 1. The predicted molar refractivity (Wildman–Crippen MR) is 193 cm³/mol. The number of carboxylic acid groups (broad SMARTS) is 1. The van der Waals surface area contributed by atoms with E-state index in [0.29, 0.717) is 17.3 Å². The number of aliphatic carboxylic acids is 1. The van der Waals surface area contributed by atoms with Gasteiger partial charge in [-0.1, -0.05) is 82.6 Å². The van der Waals surface area contributed by atoms with E-state index in [2.05, 4.69) is 51.5 Å². The lowest BCUT2D eigenvalue weighted by Crippen LogP contribution is -2.59.